The van der Waals surface area contributed by atoms with Crippen molar-refractivity contribution < 1.29 is 4.79 Å². The summed E-state index contributed by atoms with van der Waals surface area (Å²) in [7, 11) is 0. The largest absolute Gasteiger partial charge is 0.296 e. The maximum absolute atomic E-state index is 12.7. The highest BCUT2D eigenvalue weighted by Crippen LogP contribution is 2.28. The second kappa shape index (κ2) is 5.42. The van der Waals surface area contributed by atoms with E-state index in [1.807, 2.05) is 31.3 Å². The molecule has 0 atom stereocenters. The topological polar surface area (TPSA) is 59.3 Å². The summed E-state index contributed by atoms with van der Waals surface area (Å²) in [5.41, 5.74) is 5.33. The molecule has 0 fully saturated rings. The normalized spacial score (nSPS) is 11.3. The molecule has 3 aromatic heterocycles. The third-order valence-electron chi connectivity index (χ3n) is 4.14. The number of amides is 1. The van der Waals surface area contributed by atoms with E-state index >= 15 is 0 Å². The molecule has 0 aliphatic carbocycles. The summed E-state index contributed by atoms with van der Waals surface area (Å²) in [6.07, 6.45) is 1.84. The molecule has 3 heterocycles. The minimum atomic E-state index is -0.196. The Morgan fingerprint density at radius 3 is 2.75 bits per heavy atom. The van der Waals surface area contributed by atoms with Crippen molar-refractivity contribution in [3.63, 3.8) is 0 Å². The van der Waals surface area contributed by atoms with E-state index in [1.165, 1.54) is 22.5 Å². The summed E-state index contributed by atoms with van der Waals surface area (Å²) in [6.45, 7) is 5.98. The second-order valence-corrected chi connectivity index (χ2v) is 6.88. The molecule has 1 N–H and O–H groups in total. The third-order valence-corrected chi connectivity index (χ3v) is 5.08. The van der Waals surface area contributed by atoms with Crippen LogP contribution in [-0.4, -0.2) is 20.3 Å². The number of nitrogens with one attached hydrogen (secondary N) is 1. The monoisotopic (exact) mass is 336 g/mol. The van der Waals surface area contributed by atoms with Crippen LogP contribution in [0.5, 0.6) is 0 Å². The first-order valence-corrected chi connectivity index (χ1v) is 8.47. The molecule has 0 saturated carbocycles. The Labute approximate surface area is 143 Å². The van der Waals surface area contributed by atoms with E-state index in [0.717, 1.165) is 15.9 Å². The van der Waals surface area contributed by atoms with Gasteiger partial charge < -0.3 is 0 Å². The molecule has 0 aliphatic heterocycles. The molecular weight excluding hydrogens is 320 g/mol. The van der Waals surface area contributed by atoms with Crippen LogP contribution >= 0.6 is 11.3 Å². The Morgan fingerprint density at radius 1 is 1.12 bits per heavy atom. The summed E-state index contributed by atoms with van der Waals surface area (Å²) in [5, 5.41) is 3.52. The van der Waals surface area contributed by atoms with Gasteiger partial charge >= 0.3 is 0 Å². The summed E-state index contributed by atoms with van der Waals surface area (Å²) in [4.78, 5) is 21.7. The maximum atomic E-state index is 12.7. The number of rotatable bonds is 2. The molecule has 120 valence electrons. The van der Waals surface area contributed by atoms with Crippen molar-refractivity contribution in [2.24, 2.45) is 0 Å². The Balaban J connectivity index is 1.72. The molecular formula is C18H16N4OS. The average molecular weight is 336 g/mol. The highest BCUT2D eigenvalue weighted by molar-refractivity contribution is 7.22. The maximum Gasteiger partial charge on any atom is 0.276 e. The highest BCUT2D eigenvalue weighted by Gasteiger charge is 2.18. The van der Waals surface area contributed by atoms with E-state index in [-0.39, 0.29) is 5.91 Å². The first kappa shape index (κ1) is 14.8. The van der Waals surface area contributed by atoms with Crippen LogP contribution in [-0.2, 0) is 0 Å². The van der Waals surface area contributed by atoms with Gasteiger partial charge in [-0.1, -0.05) is 17.4 Å². The van der Waals surface area contributed by atoms with E-state index in [4.69, 9.17) is 0 Å². The van der Waals surface area contributed by atoms with Crippen LogP contribution in [0.1, 0.15) is 27.3 Å². The molecule has 0 bridgehead atoms. The van der Waals surface area contributed by atoms with Crippen LogP contribution in [0.4, 0.5) is 5.13 Å². The number of benzene rings is 1. The van der Waals surface area contributed by atoms with Crippen molar-refractivity contribution in [2.75, 3.05) is 5.32 Å². The summed E-state index contributed by atoms with van der Waals surface area (Å²) in [6, 6.07) is 9.83. The predicted molar refractivity (Wildman–Crippen MR) is 97.0 cm³/mol. The zero-order chi connectivity index (χ0) is 16.8. The molecule has 4 rings (SSSR count). The number of aromatic nitrogens is 3. The molecule has 5 nitrogen and oxygen atoms in total. The lowest BCUT2D eigenvalue weighted by atomic mass is 10.1. The minimum absolute atomic E-state index is 0.196. The van der Waals surface area contributed by atoms with Crippen LogP contribution < -0.4 is 5.32 Å². The van der Waals surface area contributed by atoms with Crippen LogP contribution in [0, 0.1) is 20.8 Å². The zero-order valence-electron chi connectivity index (χ0n) is 13.6. The lowest BCUT2D eigenvalue weighted by Crippen LogP contribution is -2.15. The van der Waals surface area contributed by atoms with Crippen molar-refractivity contribution in [1.29, 1.82) is 0 Å². The number of anilines is 1. The number of hydrogen-bond donors (Lipinski definition) is 1. The smallest absolute Gasteiger partial charge is 0.276 e. The highest BCUT2D eigenvalue weighted by atomic mass is 32.1. The Hall–Kier alpha value is -2.73. The van der Waals surface area contributed by atoms with Gasteiger partial charge in [0.2, 0.25) is 0 Å². The molecule has 4 aromatic rings. The summed E-state index contributed by atoms with van der Waals surface area (Å²) < 4.78 is 2.87. The number of imidazole rings is 1. The fraction of sp³-hybridized carbons (Fsp3) is 0.167. The first-order valence-electron chi connectivity index (χ1n) is 7.66. The Bertz CT molecular complexity index is 1050. The first-order chi connectivity index (χ1) is 11.5. The van der Waals surface area contributed by atoms with Gasteiger partial charge in [0.05, 0.1) is 15.9 Å². The number of thiazole rings is 1. The molecule has 24 heavy (non-hydrogen) atoms. The minimum Gasteiger partial charge on any atom is -0.296 e. The quantitative estimate of drug-likeness (QED) is 0.599. The van der Waals surface area contributed by atoms with Gasteiger partial charge in [-0.3, -0.25) is 14.5 Å². The number of carbonyl (C=O) groups excluding carboxylic acids is 1. The summed E-state index contributed by atoms with van der Waals surface area (Å²) in [5.74, 6) is -0.196. The molecule has 0 spiro atoms. The molecule has 1 aromatic carbocycles. The standard InChI is InChI=1S/C18H16N4OS/c1-10-8-13-14(9-11(10)2)24-18(20-13)21-17(23)16-12(3)19-15-6-4-5-7-22(15)16/h4-9H,1-3H3,(H,20,21,23). The fourth-order valence-electron chi connectivity index (χ4n) is 2.78. The van der Waals surface area contributed by atoms with Crippen LogP contribution in [0.3, 0.4) is 0 Å². The molecule has 0 aliphatic rings. The van der Waals surface area contributed by atoms with Gasteiger partial charge in [-0.15, -0.1) is 0 Å². The zero-order valence-corrected chi connectivity index (χ0v) is 14.4. The number of carbonyl (C=O) groups is 1. The van der Waals surface area contributed by atoms with Crippen molar-refractivity contribution in [3.8, 4) is 0 Å². The number of nitrogens with zero attached hydrogens (tertiary/aromatic N) is 3. The Morgan fingerprint density at radius 2 is 1.92 bits per heavy atom. The molecule has 0 radical (unpaired) electrons. The van der Waals surface area contributed by atoms with Crippen LogP contribution in [0.25, 0.3) is 15.9 Å². The molecule has 6 heteroatoms. The Kier molecular flexibility index (Phi) is 3.35. The third kappa shape index (κ3) is 2.35. The van der Waals surface area contributed by atoms with Gasteiger partial charge in [-0.05, 0) is 56.2 Å². The van der Waals surface area contributed by atoms with E-state index in [9.17, 15) is 4.79 Å². The lowest BCUT2D eigenvalue weighted by Gasteiger charge is -2.02. The fourth-order valence-corrected chi connectivity index (χ4v) is 3.72. The lowest BCUT2D eigenvalue weighted by molar-refractivity contribution is 0.102. The van der Waals surface area contributed by atoms with Gasteiger partial charge in [0.15, 0.2) is 5.13 Å². The number of pyridine rings is 1. The summed E-state index contributed by atoms with van der Waals surface area (Å²) >= 11 is 1.48. The van der Waals surface area contributed by atoms with Gasteiger partial charge in [0, 0.05) is 6.20 Å². The molecule has 0 unspecified atom stereocenters. The van der Waals surface area contributed by atoms with Crippen LogP contribution in [0.2, 0.25) is 0 Å². The van der Waals surface area contributed by atoms with E-state index in [2.05, 4.69) is 41.3 Å². The van der Waals surface area contributed by atoms with Crippen LogP contribution in [0.15, 0.2) is 36.5 Å². The van der Waals surface area contributed by atoms with E-state index < -0.39 is 0 Å². The van der Waals surface area contributed by atoms with Gasteiger partial charge in [-0.25, -0.2) is 9.97 Å². The average Bonchev–Trinajstić information content (AvgIpc) is 3.06. The number of aryl methyl sites for hydroxylation is 3. The van der Waals surface area contributed by atoms with Crippen molar-refractivity contribution >= 4 is 38.2 Å². The molecule has 1 amide bonds. The van der Waals surface area contributed by atoms with Gasteiger partial charge in [0.1, 0.15) is 11.3 Å². The second-order valence-electron chi connectivity index (χ2n) is 5.85. The predicted octanol–water partition coefficient (Wildman–Crippen LogP) is 4.12. The molecule has 0 saturated heterocycles. The number of hydrogen-bond acceptors (Lipinski definition) is 4. The van der Waals surface area contributed by atoms with Gasteiger partial charge in [-0.2, -0.15) is 0 Å². The number of fused-ring (bicyclic) bond motifs is 2. The van der Waals surface area contributed by atoms with Crippen molar-refractivity contribution in [3.05, 3.63) is 59.0 Å². The SMILES string of the molecule is Cc1cc2nc(NC(=O)c3c(C)nc4ccccn34)sc2cc1C. The van der Waals surface area contributed by atoms with Gasteiger partial charge in [0.25, 0.3) is 5.91 Å². The van der Waals surface area contributed by atoms with E-state index in [0.29, 0.717) is 16.5 Å². The van der Waals surface area contributed by atoms with E-state index in [1.54, 1.807) is 4.40 Å². The van der Waals surface area contributed by atoms with Crippen molar-refractivity contribution in [2.45, 2.75) is 20.8 Å². The van der Waals surface area contributed by atoms with Crippen molar-refractivity contribution in [1.82, 2.24) is 14.4 Å².